The van der Waals surface area contributed by atoms with Crippen molar-refractivity contribution in [1.29, 1.82) is 0 Å². The first-order valence-electron chi connectivity index (χ1n) is 6.41. The van der Waals surface area contributed by atoms with Gasteiger partial charge in [-0.2, -0.15) is 0 Å². The molecule has 1 aromatic carbocycles. The molecule has 0 spiro atoms. The summed E-state index contributed by atoms with van der Waals surface area (Å²) in [4.78, 5) is 18.2. The minimum atomic E-state index is -0.138. The van der Waals surface area contributed by atoms with Crippen molar-refractivity contribution in [3.05, 3.63) is 35.4 Å². The van der Waals surface area contributed by atoms with Gasteiger partial charge in [-0.05, 0) is 18.4 Å². The number of carbonyl (C=O) groups excluding carboxylic acids is 1. The van der Waals surface area contributed by atoms with Crippen LogP contribution in [0.15, 0.2) is 29.3 Å². The van der Waals surface area contributed by atoms with E-state index in [4.69, 9.17) is 0 Å². The van der Waals surface area contributed by atoms with Crippen LogP contribution in [-0.2, 0) is 6.42 Å². The number of ketones is 1. The lowest BCUT2D eigenvalue weighted by Crippen LogP contribution is -2.37. The molecule has 0 bridgehead atoms. The molecule has 1 atom stereocenters. The van der Waals surface area contributed by atoms with E-state index >= 15 is 0 Å². The lowest BCUT2D eigenvalue weighted by molar-refractivity contribution is 0.0901. The number of hydrogen-bond donors (Lipinski definition) is 0. The molecule has 98 valence electrons. The summed E-state index contributed by atoms with van der Waals surface area (Å²) in [5, 5.41) is 0. The average molecular weight is 246 g/mol. The molecule has 18 heavy (non-hydrogen) atoms. The van der Waals surface area contributed by atoms with Crippen LogP contribution in [0.4, 0.5) is 0 Å². The molecule has 0 aromatic heterocycles. The third-order valence-electron chi connectivity index (χ3n) is 3.13. The van der Waals surface area contributed by atoms with Crippen molar-refractivity contribution in [3.8, 4) is 0 Å². The van der Waals surface area contributed by atoms with E-state index in [9.17, 15) is 4.79 Å². The Morgan fingerprint density at radius 2 is 1.94 bits per heavy atom. The van der Waals surface area contributed by atoms with Gasteiger partial charge in [0.25, 0.3) is 0 Å². The Morgan fingerprint density at radius 3 is 2.39 bits per heavy atom. The van der Waals surface area contributed by atoms with Crippen molar-refractivity contribution in [3.63, 3.8) is 0 Å². The third kappa shape index (κ3) is 3.42. The van der Waals surface area contributed by atoms with Gasteiger partial charge < -0.3 is 4.90 Å². The minimum Gasteiger partial charge on any atom is -0.356 e. The van der Waals surface area contributed by atoms with E-state index in [0.29, 0.717) is 0 Å². The predicted molar refractivity (Wildman–Crippen MR) is 76.4 cm³/mol. The first kappa shape index (κ1) is 14.4. The largest absolute Gasteiger partial charge is 0.356 e. The zero-order valence-corrected chi connectivity index (χ0v) is 11.7. The molecule has 0 fully saturated rings. The van der Waals surface area contributed by atoms with Gasteiger partial charge in [-0.3, -0.25) is 9.79 Å². The molecule has 3 nitrogen and oxygen atoms in total. The number of carbonyl (C=O) groups is 1. The molecule has 0 saturated heterocycles. The topological polar surface area (TPSA) is 32.7 Å². The maximum atomic E-state index is 12.4. The Hall–Kier alpha value is -1.64. The molecular weight excluding hydrogens is 224 g/mol. The van der Waals surface area contributed by atoms with Crippen LogP contribution < -0.4 is 0 Å². The van der Waals surface area contributed by atoms with Crippen molar-refractivity contribution in [2.45, 2.75) is 32.7 Å². The van der Waals surface area contributed by atoms with E-state index in [1.807, 2.05) is 43.1 Å². The van der Waals surface area contributed by atoms with Crippen LogP contribution in [-0.4, -0.2) is 37.2 Å². The molecule has 0 radical (unpaired) electrons. The van der Waals surface area contributed by atoms with Crippen LogP contribution >= 0.6 is 0 Å². The van der Waals surface area contributed by atoms with E-state index in [0.717, 1.165) is 18.4 Å². The van der Waals surface area contributed by atoms with Gasteiger partial charge in [-0.15, -0.1) is 0 Å². The molecule has 0 amide bonds. The number of nitrogens with zero attached hydrogens (tertiary/aromatic N) is 2. The Balaban J connectivity index is 2.88. The molecule has 0 N–H and O–H groups in total. The van der Waals surface area contributed by atoms with Gasteiger partial charge in [0.1, 0.15) is 0 Å². The Bertz CT molecular complexity index is 409. The van der Waals surface area contributed by atoms with Crippen LogP contribution in [0.3, 0.4) is 0 Å². The van der Waals surface area contributed by atoms with Gasteiger partial charge in [0.15, 0.2) is 5.78 Å². The van der Waals surface area contributed by atoms with Crippen molar-refractivity contribution < 1.29 is 4.79 Å². The summed E-state index contributed by atoms with van der Waals surface area (Å²) in [6.45, 7) is 4.13. The van der Waals surface area contributed by atoms with Crippen molar-refractivity contribution in [2.24, 2.45) is 4.99 Å². The number of aliphatic imine (C=N–C) groups is 1. The molecule has 0 aliphatic carbocycles. The summed E-state index contributed by atoms with van der Waals surface area (Å²) < 4.78 is 0. The number of benzene rings is 1. The summed E-state index contributed by atoms with van der Waals surface area (Å²) >= 11 is 0. The highest BCUT2D eigenvalue weighted by molar-refractivity contribution is 6.01. The summed E-state index contributed by atoms with van der Waals surface area (Å²) in [5.41, 5.74) is 2.03. The third-order valence-corrected chi connectivity index (χ3v) is 3.13. The van der Waals surface area contributed by atoms with Crippen LogP contribution in [0.25, 0.3) is 0 Å². The number of likely N-dealkylation sites (N-methyl/N-ethyl adjacent to an activating group) is 1. The lowest BCUT2D eigenvalue weighted by Gasteiger charge is -2.23. The van der Waals surface area contributed by atoms with Gasteiger partial charge in [0.2, 0.25) is 0 Å². The van der Waals surface area contributed by atoms with E-state index in [1.165, 1.54) is 5.56 Å². The minimum absolute atomic E-state index is 0.138. The second-order valence-corrected chi connectivity index (χ2v) is 4.38. The smallest absolute Gasteiger partial charge is 0.185 e. The standard InChI is InChI=1S/C15H22N2O/c1-5-12-7-9-13(10-8-12)15(18)14(6-2)17(4)11-16-3/h7-11,14H,5-6H2,1-4H3. The van der Waals surface area contributed by atoms with E-state index in [-0.39, 0.29) is 11.8 Å². The average Bonchev–Trinajstić information content (AvgIpc) is 2.40. The molecule has 0 aliphatic rings. The van der Waals surface area contributed by atoms with E-state index in [2.05, 4.69) is 11.9 Å². The molecule has 3 heteroatoms. The van der Waals surface area contributed by atoms with Crippen LogP contribution in [0.2, 0.25) is 0 Å². The van der Waals surface area contributed by atoms with Gasteiger partial charge in [-0.25, -0.2) is 0 Å². The number of Topliss-reactive ketones (excluding diaryl/α,β-unsaturated/α-hetero) is 1. The summed E-state index contributed by atoms with van der Waals surface area (Å²) in [5.74, 6) is 0.155. The fourth-order valence-corrected chi connectivity index (χ4v) is 2.02. The summed E-state index contributed by atoms with van der Waals surface area (Å²) in [6, 6.07) is 7.74. The van der Waals surface area contributed by atoms with Gasteiger partial charge in [0, 0.05) is 19.7 Å². The predicted octanol–water partition coefficient (Wildman–Crippen LogP) is 2.80. The number of rotatable bonds is 6. The van der Waals surface area contributed by atoms with Gasteiger partial charge >= 0.3 is 0 Å². The maximum Gasteiger partial charge on any atom is 0.185 e. The Morgan fingerprint density at radius 1 is 1.33 bits per heavy atom. The van der Waals surface area contributed by atoms with E-state index < -0.39 is 0 Å². The zero-order chi connectivity index (χ0) is 13.5. The van der Waals surface area contributed by atoms with Gasteiger partial charge in [-0.1, -0.05) is 38.1 Å². The number of aryl methyl sites for hydroxylation is 1. The van der Waals surface area contributed by atoms with Crippen LogP contribution in [0.1, 0.15) is 36.2 Å². The maximum absolute atomic E-state index is 12.4. The monoisotopic (exact) mass is 246 g/mol. The molecule has 1 rings (SSSR count). The number of hydrogen-bond acceptors (Lipinski definition) is 2. The van der Waals surface area contributed by atoms with Crippen LogP contribution in [0, 0.1) is 0 Å². The van der Waals surface area contributed by atoms with Crippen molar-refractivity contribution in [1.82, 2.24) is 4.90 Å². The van der Waals surface area contributed by atoms with Crippen molar-refractivity contribution in [2.75, 3.05) is 14.1 Å². The van der Waals surface area contributed by atoms with Gasteiger partial charge in [0.05, 0.1) is 12.4 Å². The van der Waals surface area contributed by atoms with Crippen LogP contribution in [0.5, 0.6) is 0 Å². The lowest BCUT2D eigenvalue weighted by atomic mass is 10.00. The quantitative estimate of drug-likeness (QED) is 0.439. The summed E-state index contributed by atoms with van der Waals surface area (Å²) in [6.07, 6.45) is 3.47. The zero-order valence-electron chi connectivity index (χ0n) is 11.7. The molecule has 0 aliphatic heterocycles. The second kappa shape index (κ2) is 6.94. The first-order valence-corrected chi connectivity index (χ1v) is 6.41. The molecule has 1 aromatic rings. The van der Waals surface area contributed by atoms with E-state index in [1.54, 1.807) is 13.4 Å². The Kier molecular flexibility index (Phi) is 5.56. The molecule has 0 saturated carbocycles. The Labute approximate surface area is 110 Å². The summed E-state index contributed by atoms with van der Waals surface area (Å²) in [7, 11) is 3.60. The fourth-order valence-electron chi connectivity index (χ4n) is 2.02. The van der Waals surface area contributed by atoms with Crippen molar-refractivity contribution >= 4 is 12.1 Å². The molecule has 0 heterocycles. The highest BCUT2D eigenvalue weighted by Crippen LogP contribution is 2.12. The fraction of sp³-hybridized carbons (Fsp3) is 0.467. The first-order chi connectivity index (χ1) is 8.63. The normalized spacial score (nSPS) is 12.7. The second-order valence-electron chi connectivity index (χ2n) is 4.38. The SMILES string of the molecule is CCc1ccc(C(=O)C(CC)N(C)C=NC)cc1. The molecular formula is C15H22N2O. The highest BCUT2D eigenvalue weighted by Gasteiger charge is 2.20. The highest BCUT2D eigenvalue weighted by atomic mass is 16.1. The molecule has 1 unspecified atom stereocenters.